The molecule has 1 aliphatic carbocycles. The summed E-state index contributed by atoms with van der Waals surface area (Å²) in [6, 6.07) is 12.7. The molecule has 44 heavy (non-hydrogen) atoms. The Kier molecular flexibility index (Phi) is 16.0. The van der Waals surface area contributed by atoms with Crippen LogP contribution in [0.25, 0.3) is 0 Å². The van der Waals surface area contributed by atoms with E-state index in [1.807, 2.05) is 39.0 Å². The Labute approximate surface area is 303 Å². The van der Waals surface area contributed by atoms with Crippen LogP contribution in [-0.2, 0) is 30.4 Å². The normalized spacial score (nSPS) is 17.5. The van der Waals surface area contributed by atoms with Gasteiger partial charge >= 0.3 is 63.3 Å². The van der Waals surface area contributed by atoms with Crippen molar-refractivity contribution in [3.8, 4) is 11.5 Å². The summed E-state index contributed by atoms with van der Waals surface area (Å²) in [6.07, 6.45) is 2.98. The second-order valence-electron chi connectivity index (χ2n) is 12.0. The fourth-order valence-corrected chi connectivity index (χ4v) is 5.42. The predicted molar refractivity (Wildman–Crippen MR) is 162 cm³/mol. The zero-order valence-corrected chi connectivity index (χ0v) is 29.6. The number of para-hydroxylation sites is 1. The van der Waals surface area contributed by atoms with E-state index in [1.54, 1.807) is 37.3 Å². The van der Waals surface area contributed by atoms with Crippen LogP contribution in [0.5, 0.6) is 11.5 Å². The van der Waals surface area contributed by atoms with Crippen LogP contribution in [0.1, 0.15) is 71.8 Å². The zero-order valence-electron chi connectivity index (χ0n) is 27.5. The summed E-state index contributed by atoms with van der Waals surface area (Å²) in [5.41, 5.74) is 1.54. The molecular formula is C34H44KNO8. The van der Waals surface area contributed by atoms with E-state index in [0.29, 0.717) is 49.2 Å². The van der Waals surface area contributed by atoms with Crippen molar-refractivity contribution in [2.45, 2.75) is 78.7 Å². The number of aliphatic carboxylic acids is 1. The van der Waals surface area contributed by atoms with Crippen molar-refractivity contribution < 1.29 is 91.4 Å². The van der Waals surface area contributed by atoms with Crippen LogP contribution in [0.2, 0.25) is 0 Å². The van der Waals surface area contributed by atoms with E-state index in [1.165, 1.54) is 0 Å². The number of nitrogens with one attached hydrogen (secondary N) is 1. The van der Waals surface area contributed by atoms with Crippen molar-refractivity contribution in [1.29, 1.82) is 0 Å². The van der Waals surface area contributed by atoms with Crippen LogP contribution < -0.4 is 66.2 Å². The topological polar surface area (TPSA) is 136 Å². The molecule has 0 aromatic heterocycles. The van der Waals surface area contributed by atoms with Gasteiger partial charge in [-0.15, -0.1) is 0 Å². The average Bonchev–Trinajstić information content (AvgIpc) is 2.96. The molecule has 1 aliphatic rings. The molecular weight excluding hydrogens is 589 g/mol. The molecule has 0 bridgehead atoms. The van der Waals surface area contributed by atoms with Gasteiger partial charge in [0.1, 0.15) is 29.9 Å². The molecule has 2 aromatic rings. The Hall–Kier alpha value is -2.37. The van der Waals surface area contributed by atoms with Gasteiger partial charge in [0.15, 0.2) is 5.78 Å². The number of Topliss-reactive ketones (excluding diaryl/α,β-unsaturated/α-hetero) is 2. The summed E-state index contributed by atoms with van der Waals surface area (Å²) < 4.78 is 11.2. The number of ketones is 2. The van der Waals surface area contributed by atoms with E-state index in [2.05, 4.69) is 5.32 Å². The molecule has 2 aromatic carbocycles. The summed E-state index contributed by atoms with van der Waals surface area (Å²) in [5.74, 6) is -1.96. The van der Waals surface area contributed by atoms with Crippen LogP contribution in [-0.4, -0.2) is 47.2 Å². The smallest absolute Gasteiger partial charge is 1.00 e. The zero-order chi connectivity index (χ0) is 31.5. The van der Waals surface area contributed by atoms with E-state index < -0.39 is 23.8 Å². The Morgan fingerprint density at radius 1 is 0.955 bits per heavy atom. The summed E-state index contributed by atoms with van der Waals surface area (Å²) in [4.78, 5) is 62.1. The molecule has 9 nitrogen and oxygen atoms in total. The molecule has 3 rings (SSSR count). The van der Waals surface area contributed by atoms with Crippen LogP contribution >= 0.6 is 0 Å². The van der Waals surface area contributed by atoms with Gasteiger partial charge in [0.05, 0.1) is 5.92 Å². The minimum atomic E-state index is -1.20. The second kappa shape index (κ2) is 18.6. The van der Waals surface area contributed by atoms with E-state index in [4.69, 9.17) is 9.47 Å². The number of hydrogen-bond donors (Lipinski definition) is 2. The van der Waals surface area contributed by atoms with E-state index >= 15 is 0 Å². The first kappa shape index (κ1) is 37.8. The largest absolute Gasteiger partial charge is 1.00 e. The molecule has 0 spiro atoms. The predicted octanol–water partition coefficient (Wildman–Crippen LogP) is 2.22. The van der Waals surface area contributed by atoms with Gasteiger partial charge in [-0.25, -0.2) is 4.79 Å². The van der Waals surface area contributed by atoms with Crippen LogP contribution in [0, 0.1) is 30.6 Å². The molecule has 0 heterocycles. The van der Waals surface area contributed by atoms with Crippen molar-refractivity contribution in [3.05, 3.63) is 59.7 Å². The van der Waals surface area contributed by atoms with E-state index in [9.17, 15) is 29.1 Å². The molecule has 234 valence electrons. The maximum absolute atomic E-state index is 13.2. The molecule has 0 radical (unpaired) electrons. The first-order valence-electron chi connectivity index (χ1n) is 15.0. The number of hydrogen-bond acceptors (Lipinski definition) is 7. The minimum Gasteiger partial charge on any atom is -1.00 e. The minimum absolute atomic E-state index is 0. The van der Waals surface area contributed by atoms with Crippen molar-refractivity contribution in [2.75, 3.05) is 6.61 Å². The molecule has 2 N–H and O–H groups in total. The molecule has 0 unspecified atom stereocenters. The second-order valence-corrected chi connectivity index (χ2v) is 12.0. The molecule has 1 saturated carbocycles. The molecule has 1 fully saturated rings. The first-order valence-corrected chi connectivity index (χ1v) is 15.0. The third-order valence-corrected chi connectivity index (χ3v) is 7.91. The number of carboxylic acid groups (broad SMARTS) is 1. The van der Waals surface area contributed by atoms with Gasteiger partial charge in [-0.2, -0.15) is 0 Å². The molecule has 10 heteroatoms. The van der Waals surface area contributed by atoms with Crippen molar-refractivity contribution in [1.82, 2.24) is 5.32 Å². The van der Waals surface area contributed by atoms with E-state index in [-0.39, 0.29) is 108 Å². The van der Waals surface area contributed by atoms with Gasteiger partial charge in [-0.1, -0.05) is 44.2 Å². The number of aryl methyl sites for hydroxylation is 1. The molecule has 2 atom stereocenters. The maximum Gasteiger partial charge on any atom is 1.00 e. The summed E-state index contributed by atoms with van der Waals surface area (Å²) >= 11 is 0. The van der Waals surface area contributed by atoms with Gasteiger partial charge in [0.25, 0.3) is 0 Å². The van der Waals surface area contributed by atoms with Gasteiger partial charge in [-0.05, 0) is 81.2 Å². The number of carbonyl (C=O) groups excluding carboxylic acids is 4. The number of benzene rings is 2. The number of ether oxygens (including phenoxy) is 2. The quantitative estimate of drug-likeness (QED) is 0.173. The Balaban J connectivity index is 0.00000506. The number of carboxylic acids is 1. The third-order valence-electron chi connectivity index (χ3n) is 7.91. The average molecular weight is 634 g/mol. The summed E-state index contributed by atoms with van der Waals surface area (Å²) in [5, 5.41) is 12.5. The van der Waals surface area contributed by atoms with Gasteiger partial charge in [0, 0.05) is 24.7 Å². The van der Waals surface area contributed by atoms with Crippen molar-refractivity contribution in [3.63, 3.8) is 0 Å². The number of amides is 1. The maximum atomic E-state index is 13.2. The number of carbonyl (C=O) groups is 5. The Morgan fingerprint density at radius 2 is 1.57 bits per heavy atom. The standard InChI is InChI=1S/C34H43NO8.K.H/c1-21(2)17-27(19-28(37)20-42-31-8-6-5-7-22(31)3)32(38)35-30(33(39)40)18-24-9-15-29(16-10-24)43-34(41)26-13-11-25(12-14-26)23(4)36;;/h5-10,15-16,21,25-27,30H,11-14,17-20H2,1-4H3,(H,35,38)(H,39,40);;/q;+1;-1/t25?,26?,27-,30+;;/m1../s1. The summed E-state index contributed by atoms with van der Waals surface area (Å²) in [6.45, 7) is 7.17. The molecule has 0 aliphatic heterocycles. The van der Waals surface area contributed by atoms with Crippen molar-refractivity contribution in [2.24, 2.45) is 23.7 Å². The molecule has 1 amide bonds. The van der Waals surface area contributed by atoms with Crippen LogP contribution in [0.15, 0.2) is 48.5 Å². The molecule has 0 saturated heterocycles. The van der Waals surface area contributed by atoms with Gasteiger partial charge in [0.2, 0.25) is 5.91 Å². The fraction of sp³-hybridized carbons (Fsp3) is 0.500. The Morgan fingerprint density at radius 3 is 2.14 bits per heavy atom. The van der Waals surface area contributed by atoms with Gasteiger partial charge in [-0.3, -0.25) is 19.2 Å². The van der Waals surface area contributed by atoms with Crippen LogP contribution in [0.3, 0.4) is 0 Å². The van der Waals surface area contributed by atoms with Crippen LogP contribution in [0.4, 0.5) is 0 Å². The third kappa shape index (κ3) is 12.2. The first-order chi connectivity index (χ1) is 20.4. The van der Waals surface area contributed by atoms with Crippen molar-refractivity contribution >= 4 is 29.4 Å². The number of rotatable bonds is 15. The number of esters is 1. The Bertz CT molecular complexity index is 1290. The SMILES string of the molecule is CC(=O)C1CCC(C(=O)Oc2ccc(C[C@H](NC(=O)[C@@H](CC(=O)COc3ccccc3C)CC(C)C)C(=O)O)cc2)CC1.[H-].[K+]. The summed E-state index contributed by atoms with van der Waals surface area (Å²) in [7, 11) is 0. The van der Waals surface area contributed by atoms with Gasteiger partial charge < -0.3 is 21.3 Å². The monoisotopic (exact) mass is 633 g/mol. The fourth-order valence-electron chi connectivity index (χ4n) is 5.42. The van der Waals surface area contributed by atoms with E-state index in [0.717, 1.165) is 5.56 Å².